The summed E-state index contributed by atoms with van der Waals surface area (Å²) in [5.74, 6) is -0.428. The van der Waals surface area contributed by atoms with Gasteiger partial charge in [-0.2, -0.15) is 5.10 Å². The van der Waals surface area contributed by atoms with Crippen molar-refractivity contribution in [2.24, 2.45) is 5.10 Å². The Morgan fingerprint density at radius 1 is 0.812 bits per heavy atom. The summed E-state index contributed by atoms with van der Waals surface area (Å²) in [5.41, 5.74) is 4.25. The molecule has 0 heterocycles. The molecule has 7 nitrogen and oxygen atoms in total. The van der Waals surface area contributed by atoms with E-state index >= 15 is 0 Å². The first-order valence-corrected chi connectivity index (χ1v) is 10.1. The van der Waals surface area contributed by atoms with Crippen molar-refractivity contribution in [2.75, 3.05) is 6.54 Å². The van der Waals surface area contributed by atoms with E-state index < -0.39 is 5.97 Å². The minimum Gasteiger partial charge on any atom is -0.423 e. The van der Waals surface area contributed by atoms with Gasteiger partial charge in [0.25, 0.3) is 5.91 Å². The molecule has 0 aliphatic carbocycles. The van der Waals surface area contributed by atoms with Crippen LogP contribution in [-0.2, 0) is 4.79 Å². The number of carbonyl (C=O) groups is 3. The molecule has 2 amide bonds. The molecule has 3 aromatic carbocycles. The summed E-state index contributed by atoms with van der Waals surface area (Å²) in [6, 6.07) is 24.4. The maximum atomic E-state index is 12.0. The Balaban J connectivity index is 1.35. The van der Waals surface area contributed by atoms with Crippen molar-refractivity contribution in [3.63, 3.8) is 0 Å². The lowest BCUT2D eigenvalue weighted by Crippen LogP contribution is -2.26. The Morgan fingerprint density at radius 2 is 1.44 bits per heavy atom. The van der Waals surface area contributed by atoms with Gasteiger partial charge < -0.3 is 10.1 Å². The predicted octanol–water partition coefficient (Wildman–Crippen LogP) is 3.57. The van der Waals surface area contributed by atoms with Crippen molar-refractivity contribution in [1.29, 1.82) is 0 Å². The average Bonchev–Trinajstić information content (AvgIpc) is 2.84. The van der Waals surface area contributed by atoms with Gasteiger partial charge in [-0.3, -0.25) is 9.59 Å². The Hall–Kier alpha value is -4.26. The van der Waals surface area contributed by atoms with Crippen molar-refractivity contribution in [2.45, 2.75) is 12.8 Å². The highest BCUT2D eigenvalue weighted by Gasteiger charge is 2.07. The lowest BCUT2D eigenvalue weighted by Gasteiger charge is -2.05. The number of amides is 2. The van der Waals surface area contributed by atoms with Crippen molar-refractivity contribution < 1.29 is 19.1 Å². The molecule has 0 aromatic heterocycles. The smallest absolute Gasteiger partial charge is 0.343 e. The second kappa shape index (κ2) is 11.8. The van der Waals surface area contributed by atoms with E-state index in [1.807, 2.05) is 12.1 Å². The summed E-state index contributed by atoms with van der Waals surface area (Å²) < 4.78 is 5.31. The van der Waals surface area contributed by atoms with Gasteiger partial charge in [-0.15, -0.1) is 0 Å². The van der Waals surface area contributed by atoms with Crippen LogP contribution in [0.25, 0.3) is 0 Å². The van der Waals surface area contributed by atoms with E-state index in [4.69, 9.17) is 4.74 Å². The van der Waals surface area contributed by atoms with Crippen LogP contribution in [0.4, 0.5) is 0 Å². The van der Waals surface area contributed by atoms with E-state index in [-0.39, 0.29) is 18.2 Å². The van der Waals surface area contributed by atoms with Gasteiger partial charge in [0, 0.05) is 18.5 Å². The summed E-state index contributed by atoms with van der Waals surface area (Å²) in [6.45, 7) is 0.397. The number of esters is 1. The Morgan fingerprint density at radius 3 is 2.09 bits per heavy atom. The number of hydrogen-bond acceptors (Lipinski definition) is 5. The molecule has 0 aliphatic heterocycles. The maximum absolute atomic E-state index is 12.0. The quantitative estimate of drug-likeness (QED) is 0.179. The second-order valence-corrected chi connectivity index (χ2v) is 6.84. The number of nitrogens with one attached hydrogen (secondary N) is 2. The van der Waals surface area contributed by atoms with Gasteiger partial charge >= 0.3 is 5.97 Å². The van der Waals surface area contributed by atoms with Gasteiger partial charge in [-0.1, -0.05) is 36.4 Å². The van der Waals surface area contributed by atoms with Crippen molar-refractivity contribution in [3.8, 4) is 5.75 Å². The van der Waals surface area contributed by atoms with Gasteiger partial charge in [-0.25, -0.2) is 10.2 Å². The zero-order chi connectivity index (χ0) is 22.6. The molecule has 7 heteroatoms. The number of rotatable bonds is 9. The molecule has 0 aliphatic rings. The van der Waals surface area contributed by atoms with Gasteiger partial charge in [0.2, 0.25) is 5.91 Å². The molecule has 0 fully saturated rings. The molecule has 162 valence electrons. The van der Waals surface area contributed by atoms with Crippen molar-refractivity contribution in [1.82, 2.24) is 10.7 Å². The molecule has 0 saturated heterocycles. The van der Waals surface area contributed by atoms with E-state index in [1.165, 1.54) is 6.21 Å². The van der Waals surface area contributed by atoms with Crippen LogP contribution in [0.3, 0.4) is 0 Å². The van der Waals surface area contributed by atoms with E-state index in [0.29, 0.717) is 29.8 Å². The number of hydrogen-bond donors (Lipinski definition) is 2. The molecule has 32 heavy (non-hydrogen) atoms. The lowest BCUT2D eigenvalue weighted by molar-refractivity contribution is -0.121. The average molecular weight is 429 g/mol. The predicted molar refractivity (Wildman–Crippen MR) is 122 cm³/mol. The second-order valence-electron chi connectivity index (χ2n) is 6.84. The Bertz CT molecular complexity index is 1070. The molecular formula is C25H23N3O4. The van der Waals surface area contributed by atoms with Crippen LogP contribution in [0.5, 0.6) is 5.75 Å². The highest BCUT2D eigenvalue weighted by molar-refractivity contribution is 5.94. The lowest BCUT2D eigenvalue weighted by atomic mass is 10.2. The van der Waals surface area contributed by atoms with Crippen LogP contribution in [0, 0.1) is 0 Å². The number of benzene rings is 3. The van der Waals surface area contributed by atoms with Crippen molar-refractivity contribution in [3.05, 3.63) is 102 Å². The Kier molecular flexibility index (Phi) is 8.27. The zero-order valence-electron chi connectivity index (χ0n) is 17.4. The normalized spacial score (nSPS) is 10.5. The van der Waals surface area contributed by atoms with Crippen LogP contribution >= 0.6 is 0 Å². The summed E-state index contributed by atoms with van der Waals surface area (Å²) in [5, 5.41) is 6.69. The SMILES string of the molecule is O=C(CCCNC(=O)c1ccccc1)N/N=C/c1ccc(OC(=O)c2ccccc2)cc1. The zero-order valence-corrected chi connectivity index (χ0v) is 17.4. The van der Waals surface area contributed by atoms with Crippen LogP contribution < -0.4 is 15.5 Å². The fourth-order valence-electron chi connectivity index (χ4n) is 2.74. The molecule has 0 unspecified atom stereocenters. The van der Waals surface area contributed by atoms with Gasteiger partial charge in [0.05, 0.1) is 11.8 Å². The maximum Gasteiger partial charge on any atom is 0.343 e. The van der Waals surface area contributed by atoms with E-state index in [1.54, 1.807) is 72.8 Å². The third kappa shape index (κ3) is 7.21. The van der Waals surface area contributed by atoms with Crippen LogP contribution in [0.2, 0.25) is 0 Å². The standard InChI is InChI=1S/C25H23N3O4/c29-23(12-7-17-26-24(30)20-8-3-1-4-9-20)28-27-18-19-13-15-22(16-14-19)32-25(31)21-10-5-2-6-11-21/h1-6,8-11,13-16,18H,7,12,17H2,(H,26,30)(H,28,29)/b27-18+. The summed E-state index contributed by atoms with van der Waals surface area (Å²) in [7, 11) is 0. The summed E-state index contributed by atoms with van der Waals surface area (Å²) in [6.07, 6.45) is 2.24. The molecule has 3 aromatic rings. The molecule has 0 spiro atoms. The van der Waals surface area contributed by atoms with Crippen LogP contribution in [-0.4, -0.2) is 30.5 Å². The first kappa shape index (κ1) is 22.4. The van der Waals surface area contributed by atoms with E-state index in [2.05, 4.69) is 15.8 Å². The fourth-order valence-corrected chi connectivity index (χ4v) is 2.74. The largest absolute Gasteiger partial charge is 0.423 e. The number of carbonyl (C=O) groups excluding carboxylic acids is 3. The van der Waals surface area contributed by atoms with Crippen LogP contribution in [0.15, 0.2) is 90.0 Å². The minimum atomic E-state index is -0.431. The molecule has 3 rings (SSSR count). The molecular weight excluding hydrogens is 406 g/mol. The molecule has 0 radical (unpaired) electrons. The van der Waals surface area contributed by atoms with Gasteiger partial charge in [0.15, 0.2) is 0 Å². The molecule has 0 saturated carbocycles. The number of nitrogens with zero attached hydrogens (tertiary/aromatic N) is 1. The van der Waals surface area contributed by atoms with E-state index in [0.717, 1.165) is 5.56 Å². The molecule has 0 bridgehead atoms. The van der Waals surface area contributed by atoms with Gasteiger partial charge in [-0.05, 0) is 60.5 Å². The monoisotopic (exact) mass is 429 g/mol. The highest BCUT2D eigenvalue weighted by atomic mass is 16.5. The summed E-state index contributed by atoms with van der Waals surface area (Å²) in [4.78, 5) is 35.8. The third-order valence-electron chi connectivity index (χ3n) is 4.41. The highest BCUT2D eigenvalue weighted by Crippen LogP contribution is 2.13. The first-order valence-electron chi connectivity index (χ1n) is 10.1. The third-order valence-corrected chi connectivity index (χ3v) is 4.41. The van der Waals surface area contributed by atoms with E-state index in [9.17, 15) is 14.4 Å². The molecule has 2 N–H and O–H groups in total. The van der Waals surface area contributed by atoms with Gasteiger partial charge in [0.1, 0.15) is 5.75 Å². The fraction of sp³-hybridized carbons (Fsp3) is 0.120. The minimum absolute atomic E-state index is 0.165. The molecule has 0 atom stereocenters. The Labute approximate surface area is 186 Å². The first-order chi connectivity index (χ1) is 15.6. The topological polar surface area (TPSA) is 96.9 Å². The van der Waals surface area contributed by atoms with Crippen LogP contribution in [0.1, 0.15) is 39.1 Å². The number of hydrazone groups is 1. The number of ether oxygens (including phenoxy) is 1. The van der Waals surface area contributed by atoms with Crippen molar-refractivity contribution >= 4 is 24.0 Å². The summed E-state index contributed by atoms with van der Waals surface area (Å²) >= 11 is 0.